The monoisotopic (exact) mass is 947 g/mol. The number of allylic oxidation sites excluding steroid dienone is 2. The van der Waals surface area contributed by atoms with E-state index in [1.807, 2.05) is 0 Å². The molecule has 12 nitrogen and oxygen atoms in total. The molecule has 65 heavy (non-hydrogen) atoms. The van der Waals surface area contributed by atoms with Crippen molar-refractivity contribution in [1.29, 1.82) is 0 Å². The Balaban J connectivity index is 2.31. The molecule has 13 heteroatoms. The molecular weight excluding hydrogens is 849 g/mol. The van der Waals surface area contributed by atoms with Crippen LogP contribution in [0.1, 0.15) is 251 Å². The van der Waals surface area contributed by atoms with Crippen molar-refractivity contribution in [2.45, 2.75) is 288 Å². The lowest BCUT2D eigenvalue weighted by atomic mass is 10.00. The Hall–Kier alpha value is -1.61. The van der Waals surface area contributed by atoms with Gasteiger partial charge in [0.1, 0.15) is 36.8 Å². The van der Waals surface area contributed by atoms with E-state index in [-0.39, 0.29) is 19.4 Å². The molecule has 0 bridgehead atoms. The van der Waals surface area contributed by atoms with Crippen LogP contribution in [0.15, 0.2) is 12.2 Å². The van der Waals surface area contributed by atoms with E-state index < -0.39 is 71.2 Å². The average Bonchev–Trinajstić information content (AvgIpc) is 3.27. The molecule has 2 unspecified atom stereocenters. The van der Waals surface area contributed by atoms with Gasteiger partial charge >= 0.3 is 11.9 Å². The number of carbonyl (C=O) groups excluding carboxylic acids is 2. The number of unbranched alkanes of at least 4 members (excludes halogenated alkanes) is 32. The lowest BCUT2D eigenvalue weighted by Crippen LogP contribution is -2.60. The van der Waals surface area contributed by atoms with E-state index in [2.05, 4.69) is 26.0 Å². The summed E-state index contributed by atoms with van der Waals surface area (Å²) in [6.45, 7) is 3.78. The predicted molar refractivity (Wildman–Crippen MR) is 261 cm³/mol. The Labute approximate surface area is 396 Å². The van der Waals surface area contributed by atoms with Gasteiger partial charge in [-0.1, -0.05) is 219 Å². The van der Waals surface area contributed by atoms with Gasteiger partial charge < -0.3 is 34.3 Å². The van der Waals surface area contributed by atoms with E-state index >= 15 is 0 Å². The van der Waals surface area contributed by atoms with E-state index in [0.29, 0.717) is 12.8 Å². The first-order valence-corrected chi connectivity index (χ1v) is 28.4. The minimum absolute atomic E-state index is 0.166. The number of hydrogen-bond acceptors (Lipinski definition) is 11. The van der Waals surface area contributed by atoms with Crippen molar-refractivity contribution < 1.29 is 56.8 Å². The van der Waals surface area contributed by atoms with Crippen molar-refractivity contribution in [3.63, 3.8) is 0 Å². The molecule has 0 spiro atoms. The summed E-state index contributed by atoms with van der Waals surface area (Å²) in [5.41, 5.74) is 0. The van der Waals surface area contributed by atoms with Gasteiger partial charge in [-0.2, -0.15) is 8.42 Å². The minimum atomic E-state index is -4.60. The van der Waals surface area contributed by atoms with Crippen molar-refractivity contribution in [3.8, 4) is 0 Å². The van der Waals surface area contributed by atoms with Gasteiger partial charge in [-0.3, -0.25) is 14.1 Å². The first kappa shape index (κ1) is 61.4. The SMILES string of the molecule is CCCC/C=C/CCCCCCCCCCCC(=O)O[C@H](COC(=O)CCCCCCCCCCCCCCCCCCCCCCCC)CO[C@H]1O[C@H](CS(=O)(=O)O)[C@@H](O)C(O)C1O. The average molecular weight is 947 g/mol. The molecule has 0 aliphatic carbocycles. The van der Waals surface area contributed by atoms with Gasteiger partial charge in [0, 0.05) is 12.8 Å². The topological polar surface area (TPSA) is 186 Å². The smallest absolute Gasteiger partial charge is 0.306 e. The number of carbonyl (C=O) groups is 2. The highest BCUT2D eigenvalue weighted by atomic mass is 32.2. The van der Waals surface area contributed by atoms with E-state index in [4.69, 9.17) is 18.9 Å². The van der Waals surface area contributed by atoms with Crippen LogP contribution in [0.2, 0.25) is 0 Å². The van der Waals surface area contributed by atoms with Gasteiger partial charge in [0.25, 0.3) is 10.1 Å². The Bertz CT molecular complexity index is 1250. The van der Waals surface area contributed by atoms with Crippen molar-refractivity contribution in [2.24, 2.45) is 0 Å². The molecule has 1 aliphatic rings. The van der Waals surface area contributed by atoms with E-state index in [1.165, 1.54) is 167 Å². The summed E-state index contributed by atoms with van der Waals surface area (Å²) in [7, 11) is -4.60. The second kappa shape index (κ2) is 42.5. The van der Waals surface area contributed by atoms with Crippen molar-refractivity contribution in [3.05, 3.63) is 12.2 Å². The quantitative estimate of drug-likeness (QED) is 0.0196. The summed E-state index contributed by atoms with van der Waals surface area (Å²) in [5.74, 6) is -1.97. The summed E-state index contributed by atoms with van der Waals surface area (Å²) in [6.07, 6.45) is 38.3. The maximum atomic E-state index is 12.9. The maximum Gasteiger partial charge on any atom is 0.306 e. The minimum Gasteiger partial charge on any atom is -0.462 e. The third-order valence-electron chi connectivity index (χ3n) is 12.6. The largest absolute Gasteiger partial charge is 0.462 e. The number of esters is 2. The van der Waals surface area contributed by atoms with Crippen LogP contribution in [-0.4, -0.2) is 96.0 Å². The molecule has 0 aromatic carbocycles. The zero-order valence-corrected chi connectivity index (χ0v) is 42.2. The van der Waals surface area contributed by atoms with E-state index in [1.54, 1.807) is 0 Å². The van der Waals surface area contributed by atoms with Gasteiger partial charge in [0.15, 0.2) is 12.4 Å². The van der Waals surface area contributed by atoms with Crippen molar-refractivity contribution >= 4 is 22.1 Å². The van der Waals surface area contributed by atoms with Crippen LogP contribution in [0.3, 0.4) is 0 Å². The fraction of sp³-hybridized carbons (Fsp3) is 0.923. The highest BCUT2D eigenvalue weighted by molar-refractivity contribution is 7.85. The predicted octanol–water partition coefficient (Wildman–Crippen LogP) is 12.2. The van der Waals surface area contributed by atoms with Gasteiger partial charge in [-0.25, -0.2) is 0 Å². The Kier molecular flexibility index (Phi) is 40.1. The molecule has 0 amide bonds. The second-order valence-electron chi connectivity index (χ2n) is 18.9. The van der Waals surface area contributed by atoms with Crippen LogP contribution in [-0.2, 0) is 38.7 Å². The van der Waals surface area contributed by atoms with Gasteiger partial charge in [0.2, 0.25) is 0 Å². The van der Waals surface area contributed by atoms with Gasteiger partial charge in [-0.15, -0.1) is 0 Å². The van der Waals surface area contributed by atoms with Crippen LogP contribution in [0.4, 0.5) is 0 Å². The molecule has 1 fully saturated rings. The maximum absolute atomic E-state index is 12.9. The van der Waals surface area contributed by atoms with Crippen LogP contribution in [0.5, 0.6) is 0 Å². The van der Waals surface area contributed by atoms with Gasteiger partial charge in [0.05, 0.1) is 6.61 Å². The van der Waals surface area contributed by atoms with Gasteiger partial charge in [-0.05, 0) is 32.1 Å². The zero-order valence-electron chi connectivity index (χ0n) is 41.4. The standard InChI is InChI=1S/C52H98O12S/c1-3-5-7-9-11-13-15-17-19-20-21-22-23-24-25-27-28-30-32-34-36-38-40-47(53)61-42-45(43-62-52-51(57)50(56)49(55)46(64-52)44-65(58,59)60)63-48(54)41-39-37-35-33-31-29-26-18-16-14-12-10-8-6-4-2/h10,12,45-46,49-52,55-57H,3-9,11,13-44H2,1-2H3,(H,58,59,60)/b12-10+/t45-,46-,49-,50?,51?,52+/m1/s1. The first-order chi connectivity index (χ1) is 31.5. The fourth-order valence-electron chi connectivity index (χ4n) is 8.43. The Morgan fingerprint density at radius 2 is 0.892 bits per heavy atom. The zero-order chi connectivity index (χ0) is 47.6. The molecule has 1 saturated heterocycles. The van der Waals surface area contributed by atoms with E-state index in [9.17, 15) is 37.9 Å². The summed E-state index contributed by atoms with van der Waals surface area (Å²) in [6, 6.07) is 0. The summed E-state index contributed by atoms with van der Waals surface area (Å²) >= 11 is 0. The van der Waals surface area contributed by atoms with Crippen LogP contribution in [0, 0.1) is 0 Å². The number of aliphatic hydroxyl groups excluding tert-OH is 3. The molecule has 0 saturated carbocycles. The van der Waals surface area contributed by atoms with Crippen LogP contribution < -0.4 is 0 Å². The van der Waals surface area contributed by atoms with E-state index in [0.717, 1.165) is 44.9 Å². The number of hydrogen-bond donors (Lipinski definition) is 4. The number of aliphatic hydroxyl groups is 3. The second-order valence-corrected chi connectivity index (χ2v) is 20.4. The molecule has 4 N–H and O–H groups in total. The lowest BCUT2D eigenvalue weighted by molar-refractivity contribution is -0.297. The number of ether oxygens (including phenoxy) is 4. The molecule has 0 radical (unpaired) electrons. The third-order valence-corrected chi connectivity index (χ3v) is 13.3. The molecule has 0 aromatic heterocycles. The molecule has 6 atom stereocenters. The van der Waals surface area contributed by atoms with Crippen molar-refractivity contribution in [2.75, 3.05) is 19.0 Å². The summed E-state index contributed by atoms with van der Waals surface area (Å²) < 4.78 is 54.3. The molecule has 1 heterocycles. The third kappa shape index (κ3) is 37.0. The molecule has 1 aliphatic heterocycles. The van der Waals surface area contributed by atoms with Crippen LogP contribution in [0.25, 0.3) is 0 Å². The van der Waals surface area contributed by atoms with Crippen molar-refractivity contribution in [1.82, 2.24) is 0 Å². The number of rotatable bonds is 46. The summed E-state index contributed by atoms with van der Waals surface area (Å²) in [5, 5.41) is 31.0. The highest BCUT2D eigenvalue weighted by Crippen LogP contribution is 2.24. The molecule has 384 valence electrons. The fourth-order valence-corrected chi connectivity index (χ4v) is 9.12. The highest BCUT2D eigenvalue weighted by Gasteiger charge is 2.46. The normalized spacial score (nSPS) is 19.5. The first-order valence-electron chi connectivity index (χ1n) is 26.7. The molecule has 0 aromatic rings. The Morgan fingerprint density at radius 3 is 1.32 bits per heavy atom. The van der Waals surface area contributed by atoms with Crippen LogP contribution >= 0.6 is 0 Å². The lowest BCUT2D eigenvalue weighted by Gasteiger charge is -2.40. The summed E-state index contributed by atoms with van der Waals surface area (Å²) in [4.78, 5) is 25.5. The molecule has 1 rings (SSSR count). The Morgan fingerprint density at radius 1 is 0.508 bits per heavy atom. The molecular formula is C52H98O12S.